The monoisotopic (exact) mass is 286 g/mol. The van der Waals surface area contributed by atoms with Gasteiger partial charge in [0.1, 0.15) is 11.5 Å². The van der Waals surface area contributed by atoms with Gasteiger partial charge in [0, 0.05) is 0 Å². The van der Waals surface area contributed by atoms with Crippen LogP contribution in [-0.2, 0) is 10.0 Å². The van der Waals surface area contributed by atoms with Gasteiger partial charge in [0.15, 0.2) is 5.03 Å². The first kappa shape index (κ1) is 13.0. The topological polar surface area (TPSA) is 118 Å². The maximum atomic E-state index is 12.9. The number of H-pyrrole nitrogens is 1. The molecule has 2 N–H and O–H groups in total. The highest BCUT2D eigenvalue weighted by molar-refractivity contribution is 7.92. The Balaban J connectivity index is 2.42. The van der Waals surface area contributed by atoms with Crippen LogP contribution >= 0.6 is 0 Å². The van der Waals surface area contributed by atoms with E-state index in [0.717, 1.165) is 24.7 Å². The van der Waals surface area contributed by atoms with E-state index in [4.69, 9.17) is 0 Å². The van der Waals surface area contributed by atoms with Gasteiger partial charge in [-0.15, -0.1) is 0 Å². The van der Waals surface area contributed by atoms with Crippen LogP contribution in [0.1, 0.15) is 0 Å². The highest BCUT2D eigenvalue weighted by Crippen LogP contribution is 2.26. The third-order valence-corrected chi connectivity index (χ3v) is 3.45. The summed E-state index contributed by atoms with van der Waals surface area (Å²) in [4.78, 5) is 15.7. The number of halogens is 1. The van der Waals surface area contributed by atoms with Crippen molar-refractivity contribution >= 4 is 21.4 Å². The van der Waals surface area contributed by atoms with Crippen molar-refractivity contribution in [2.45, 2.75) is 5.03 Å². The van der Waals surface area contributed by atoms with Crippen molar-refractivity contribution in [3.63, 3.8) is 0 Å². The quantitative estimate of drug-likeness (QED) is 0.648. The number of nitro benzene ring substituents is 1. The summed E-state index contributed by atoms with van der Waals surface area (Å²) in [6.45, 7) is 0. The molecule has 0 spiro atoms. The van der Waals surface area contributed by atoms with E-state index >= 15 is 0 Å². The zero-order valence-electron chi connectivity index (χ0n) is 9.20. The summed E-state index contributed by atoms with van der Waals surface area (Å²) in [5, 5.41) is 10.5. The van der Waals surface area contributed by atoms with Crippen LogP contribution in [0.2, 0.25) is 0 Å². The number of benzene rings is 1. The van der Waals surface area contributed by atoms with Crippen LogP contribution in [0.25, 0.3) is 0 Å². The zero-order valence-corrected chi connectivity index (χ0v) is 10.0. The number of hydrogen-bond donors (Lipinski definition) is 2. The molecule has 1 aromatic carbocycles. The molecule has 1 aromatic heterocycles. The van der Waals surface area contributed by atoms with E-state index in [2.05, 4.69) is 9.97 Å². The zero-order chi connectivity index (χ0) is 14.0. The van der Waals surface area contributed by atoms with Crippen molar-refractivity contribution in [3.8, 4) is 0 Å². The number of anilines is 1. The number of hydrogen-bond acceptors (Lipinski definition) is 5. The van der Waals surface area contributed by atoms with E-state index in [1.54, 1.807) is 0 Å². The summed E-state index contributed by atoms with van der Waals surface area (Å²) in [5.74, 6) is -0.837. The minimum atomic E-state index is -4.03. The molecule has 19 heavy (non-hydrogen) atoms. The molecule has 100 valence electrons. The first-order valence-corrected chi connectivity index (χ1v) is 6.33. The highest BCUT2D eigenvalue weighted by atomic mass is 32.2. The molecule has 0 aliphatic carbocycles. The molecule has 1 heterocycles. The summed E-state index contributed by atoms with van der Waals surface area (Å²) >= 11 is 0. The lowest BCUT2D eigenvalue weighted by Crippen LogP contribution is -2.14. The molecule has 0 radical (unpaired) electrons. The predicted octanol–water partition coefficient (Wildman–Crippen LogP) is 1.26. The Morgan fingerprint density at radius 1 is 1.42 bits per heavy atom. The van der Waals surface area contributed by atoms with Crippen molar-refractivity contribution in [1.29, 1.82) is 0 Å². The third-order valence-electron chi connectivity index (χ3n) is 2.16. The second-order valence-electron chi connectivity index (χ2n) is 3.44. The Bertz CT molecular complexity index is 714. The first-order chi connectivity index (χ1) is 8.90. The van der Waals surface area contributed by atoms with E-state index in [9.17, 15) is 22.9 Å². The number of rotatable bonds is 4. The van der Waals surface area contributed by atoms with Crippen LogP contribution in [0.15, 0.2) is 35.7 Å². The predicted molar refractivity (Wildman–Crippen MR) is 62.5 cm³/mol. The van der Waals surface area contributed by atoms with E-state index in [0.29, 0.717) is 6.07 Å². The lowest BCUT2D eigenvalue weighted by Gasteiger charge is -2.06. The summed E-state index contributed by atoms with van der Waals surface area (Å²) in [6.07, 6.45) is 2.19. The number of sulfonamides is 1. The Morgan fingerprint density at radius 3 is 2.74 bits per heavy atom. The molecule has 0 saturated heterocycles. The fraction of sp³-hybridized carbons (Fsp3) is 0. The molecule has 8 nitrogen and oxygen atoms in total. The molecule has 0 aliphatic heterocycles. The van der Waals surface area contributed by atoms with Gasteiger partial charge in [-0.05, 0) is 12.1 Å². The minimum absolute atomic E-state index is 0.258. The molecule has 10 heteroatoms. The maximum Gasteiger partial charge on any atom is 0.296 e. The normalized spacial score (nSPS) is 11.2. The second kappa shape index (κ2) is 4.65. The van der Waals surface area contributed by atoms with Crippen LogP contribution < -0.4 is 4.72 Å². The number of nitrogens with zero attached hydrogens (tertiary/aromatic N) is 2. The molecule has 0 saturated carbocycles. The molecule has 0 amide bonds. The molecule has 0 unspecified atom stereocenters. The lowest BCUT2D eigenvalue weighted by atomic mass is 10.3. The fourth-order valence-corrected chi connectivity index (χ4v) is 2.31. The van der Waals surface area contributed by atoms with E-state index < -0.39 is 26.5 Å². The Labute approximate surface area is 106 Å². The van der Waals surface area contributed by atoms with Crippen LogP contribution in [0.3, 0.4) is 0 Å². The van der Waals surface area contributed by atoms with Crippen molar-refractivity contribution in [3.05, 3.63) is 46.7 Å². The van der Waals surface area contributed by atoms with Crippen molar-refractivity contribution in [2.24, 2.45) is 0 Å². The summed E-state index contributed by atoms with van der Waals surface area (Å²) in [6, 6.07) is 2.52. The molecule has 2 rings (SSSR count). The molecule has 0 fully saturated rings. The standard InChI is InChI=1S/C9H7FN4O4S/c10-6-1-2-7(8(3-6)14(15)16)13-19(17,18)9-4-11-5-12-9/h1-5,13H,(H,11,12). The van der Waals surface area contributed by atoms with Gasteiger partial charge in [0.2, 0.25) is 0 Å². The van der Waals surface area contributed by atoms with Gasteiger partial charge in [-0.3, -0.25) is 14.8 Å². The van der Waals surface area contributed by atoms with Crippen molar-refractivity contribution < 1.29 is 17.7 Å². The van der Waals surface area contributed by atoms with Gasteiger partial charge < -0.3 is 4.98 Å². The lowest BCUT2D eigenvalue weighted by molar-refractivity contribution is -0.384. The largest absolute Gasteiger partial charge is 0.334 e. The van der Waals surface area contributed by atoms with Gasteiger partial charge in [0.25, 0.3) is 15.7 Å². The number of aromatic nitrogens is 2. The minimum Gasteiger partial charge on any atom is -0.334 e. The summed E-state index contributed by atoms with van der Waals surface area (Å²) < 4.78 is 38.6. The fourth-order valence-electron chi connectivity index (χ4n) is 1.33. The maximum absolute atomic E-state index is 12.9. The molecular formula is C9H7FN4O4S. The average Bonchev–Trinajstić information content (AvgIpc) is 2.85. The van der Waals surface area contributed by atoms with E-state index in [1.807, 2.05) is 4.72 Å². The van der Waals surface area contributed by atoms with Gasteiger partial charge in [0.05, 0.1) is 23.5 Å². The summed E-state index contributed by atoms with van der Waals surface area (Å²) in [7, 11) is -4.03. The number of imidazole rings is 1. The van der Waals surface area contributed by atoms with Gasteiger partial charge in [-0.1, -0.05) is 0 Å². The molecule has 2 aromatic rings. The third kappa shape index (κ3) is 2.68. The van der Waals surface area contributed by atoms with Crippen LogP contribution in [0, 0.1) is 15.9 Å². The van der Waals surface area contributed by atoms with Crippen LogP contribution in [-0.4, -0.2) is 23.3 Å². The highest BCUT2D eigenvalue weighted by Gasteiger charge is 2.22. The van der Waals surface area contributed by atoms with E-state index in [1.165, 1.54) is 0 Å². The second-order valence-corrected chi connectivity index (χ2v) is 5.09. The molecule has 0 bridgehead atoms. The Morgan fingerprint density at radius 2 is 2.16 bits per heavy atom. The van der Waals surface area contributed by atoms with Crippen LogP contribution in [0.5, 0.6) is 0 Å². The smallest absolute Gasteiger partial charge is 0.296 e. The Kier molecular flexibility index (Phi) is 3.17. The Hall–Kier alpha value is -2.49. The summed E-state index contributed by atoms with van der Waals surface area (Å²) in [5.41, 5.74) is -1.01. The average molecular weight is 286 g/mol. The van der Waals surface area contributed by atoms with Crippen LogP contribution in [0.4, 0.5) is 15.8 Å². The SMILES string of the molecule is O=[N+]([O-])c1cc(F)ccc1NS(=O)(=O)c1cnc[nH]1. The molecule has 0 atom stereocenters. The van der Waals surface area contributed by atoms with Crippen molar-refractivity contribution in [2.75, 3.05) is 4.72 Å². The molecule has 0 aliphatic rings. The number of nitrogens with one attached hydrogen (secondary N) is 2. The first-order valence-electron chi connectivity index (χ1n) is 4.85. The van der Waals surface area contributed by atoms with Crippen molar-refractivity contribution in [1.82, 2.24) is 9.97 Å². The number of nitro groups is 1. The van der Waals surface area contributed by atoms with Gasteiger partial charge >= 0.3 is 0 Å². The molecular weight excluding hydrogens is 279 g/mol. The van der Waals surface area contributed by atoms with Gasteiger partial charge in [-0.25, -0.2) is 9.37 Å². The van der Waals surface area contributed by atoms with E-state index in [-0.39, 0.29) is 10.7 Å². The number of aromatic amines is 1. The van der Waals surface area contributed by atoms with Gasteiger partial charge in [-0.2, -0.15) is 8.42 Å².